The van der Waals surface area contributed by atoms with E-state index >= 15 is 0 Å². The number of hydrogen-bond acceptors (Lipinski definition) is 5. The summed E-state index contributed by atoms with van der Waals surface area (Å²) in [6, 6.07) is 15.6. The molecular weight excluding hydrogens is 366 g/mol. The summed E-state index contributed by atoms with van der Waals surface area (Å²) >= 11 is 0. The van der Waals surface area contributed by atoms with Crippen LogP contribution in [0.5, 0.6) is 0 Å². The fourth-order valence-corrected chi connectivity index (χ4v) is 3.37. The first-order valence-electron chi connectivity index (χ1n) is 9.50. The smallest absolute Gasteiger partial charge is 0.262 e. The lowest BCUT2D eigenvalue weighted by Gasteiger charge is -2.30. The van der Waals surface area contributed by atoms with Crippen molar-refractivity contribution in [1.29, 1.82) is 0 Å². The van der Waals surface area contributed by atoms with Crippen molar-refractivity contribution in [2.75, 3.05) is 18.0 Å². The summed E-state index contributed by atoms with van der Waals surface area (Å²) < 4.78 is 0. The fraction of sp³-hybridized carbons (Fsp3) is 0.182. The molecule has 3 aromatic rings. The molecule has 7 nitrogen and oxygen atoms in total. The van der Waals surface area contributed by atoms with Gasteiger partial charge in [0.1, 0.15) is 0 Å². The second-order valence-electron chi connectivity index (χ2n) is 6.81. The van der Waals surface area contributed by atoms with Gasteiger partial charge in [-0.3, -0.25) is 25.4 Å². The van der Waals surface area contributed by atoms with Crippen LogP contribution in [0.25, 0.3) is 17.1 Å². The minimum absolute atomic E-state index is 0.192. The van der Waals surface area contributed by atoms with Crippen molar-refractivity contribution >= 4 is 34.6 Å². The van der Waals surface area contributed by atoms with E-state index in [0.717, 1.165) is 36.1 Å². The van der Waals surface area contributed by atoms with E-state index < -0.39 is 5.91 Å². The summed E-state index contributed by atoms with van der Waals surface area (Å²) in [6.45, 7) is 1.01. The molecule has 2 aromatic carbocycles. The van der Waals surface area contributed by atoms with Gasteiger partial charge in [-0.1, -0.05) is 30.3 Å². The number of nitrogens with one attached hydrogen (secondary N) is 2. The molecule has 0 saturated carbocycles. The quantitative estimate of drug-likeness (QED) is 0.530. The zero-order chi connectivity index (χ0) is 20.1. The third kappa shape index (κ3) is 4.57. The second-order valence-corrected chi connectivity index (χ2v) is 6.81. The van der Waals surface area contributed by atoms with E-state index in [1.54, 1.807) is 12.3 Å². The lowest BCUT2D eigenvalue weighted by atomic mass is 10.0. The number of carbonyl (C=O) groups is 2. The van der Waals surface area contributed by atoms with Crippen molar-refractivity contribution in [1.82, 2.24) is 20.8 Å². The topological polar surface area (TPSA) is 87.2 Å². The Balaban J connectivity index is 1.30. The van der Waals surface area contributed by atoms with Crippen LogP contribution in [-0.4, -0.2) is 34.9 Å². The molecule has 0 bridgehead atoms. The van der Waals surface area contributed by atoms with Gasteiger partial charge in [0.15, 0.2) is 0 Å². The van der Waals surface area contributed by atoms with Gasteiger partial charge in [-0.25, -0.2) is 4.98 Å². The summed E-state index contributed by atoms with van der Waals surface area (Å²) in [4.78, 5) is 35.0. The van der Waals surface area contributed by atoms with Crippen molar-refractivity contribution < 1.29 is 9.59 Å². The predicted octanol–water partition coefficient (Wildman–Crippen LogP) is 2.24. The summed E-state index contributed by atoms with van der Waals surface area (Å²) in [6.07, 6.45) is 6.50. The molecule has 0 atom stereocenters. The van der Waals surface area contributed by atoms with Crippen LogP contribution < -0.4 is 15.8 Å². The van der Waals surface area contributed by atoms with E-state index in [-0.39, 0.29) is 12.5 Å². The molecule has 2 amide bonds. The molecule has 0 spiro atoms. The number of aromatic nitrogens is 2. The highest BCUT2D eigenvalue weighted by molar-refractivity contribution is 5.93. The minimum atomic E-state index is -0.438. The summed E-state index contributed by atoms with van der Waals surface area (Å²) in [5, 5.41) is 0. The van der Waals surface area contributed by atoms with E-state index in [2.05, 4.69) is 26.9 Å². The predicted molar refractivity (Wildman–Crippen MR) is 112 cm³/mol. The first-order valence-corrected chi connectivity index (χ1v) is 9.50. The normalized spacial score (nSPS) is 13.3. The van der Waals surface area contributed by atoms with E-state index in [1.165, 1.54) is 11.6 Å². The molecule has 1 aromatic heterocycles. The molecule has 0 fully saturated rings. The maximum absolute atomic E-state index is 12.2. The molecule has 146 valence electrons. The molecule has 1 aliphatic heterocycles. The minimum Gasteiger partial charge on any atom is -0.362 e. The molecule has 0 unspecified atom stereocenters. The summed E-state index contributed by atoms with van der Waals surface area (Å²) in [5.74, 6) is -0.707. The van der Waals surface area contributed by atoms with Crippen LogP contribution >= 0.6 is 0 Å². The van der Waals surface area contributed by atoms with E-state index in [1.807, 2.05) is 47.4 Å². The van der Waals surface area contributed by atoms with Gasteiger partial charge in [0.25, 0.3) is 11.8 Å². The number of hydrogen-bond donors (Lipinski definition) is 2. The van der Waals surface area contributed by atoms with E-state index in [4.69, 9.17) is 0 Å². The van der Waals surface area contributed by atoms with Gasteiger partial charge in [-0.15, -0.1) is 0 Å². The van der Waals surface area contributed by atoms with Gasteiger partial charge < -0.3 is 4.90 Å². The number of rotatable bonds is 4. The van der Waals surface area contributed by atoms with Crippen molar-refractivity contribution in [2.45, 2.75) is 12.8 Å². The number of anilines is 1. The van der Waals surface area contributed by atoms with Crippen LogP contribution in [0.4, 0.5) is 5.69 Å². The fourth-order valence-electron chi connectivity index (χ4n) is 3.37. The number of aryl methyl sites for hydroxylation is 1. The molecule has 29 heavy (non-hydrogen) atoms. The number of fused-ring (bicyclic) bond motifs is 2. The third-order valence-electron chi connectivity index (χ3n) is 4.74. The summed E-state index contributed by atoms with van der Waals surface area (Å²) in [5.41, 5.74) is 9.30. The maximum Gasteiger partial charge on any atom is 0.262 e. The van der Waals surface area contributed by atoms with Crippen LogP contribution in [0.15, 0.2) is 60.8 Å². The van der Waals surface area contributed by atoms with E-state index in [0.29, 0.717) is 5.69 Å². The van der Waals surface area contributed by atoms with Gasteiger partial charge in [-0.05, 0) is 42.7 Å². The van der Waals surface area contributed by atoms with Crippen LogP contribution in [0.1, 0.15) is 17.7 Å². The maximum atomic E-state index is 12.2. The Hall–Kier alpha value is -3.74. The second kappa shape index (κ2) is 8.52. The Kier molecular flexibility index (Phi) is 5.47. The van der Waals surface area contributed by atoms with Gasteiger partial charge in [-0.2, -0.15) is 0 Å². The Morgan fingerprint density at radius 2 is 1.83 bits per heavy atom. The monoisotopic (exact) mass is 387 g/mol. The highest BCUT2D eigenvalue weighted by Crippen LogP contribution is 2.26. The number of para-hydroxylation sites is 3. The number of hydrazine groups is 1. The SMILES string of the molecule is O=C(/C=C/c1cnc2ccccc2n1)NNC(=O)CN1CCCc2ccccc21. The molecule has 0 radical (unpaired) electrons. The zero-order valence-corrected chi connectivity index (χ0v) is 15.8. The first-order chi connectivity index (χ1) is 14.2. The first kappa shape index (κ1) is 18.6. The summed E-state index contributed by atoms with van der Waals surface area (Å²) in [7, 11) is 0. The standard InChI is InChI=1S/C22H21N5O2/c28-21(12-11-17-14-23-18-8-2-3-9-19(18)24-17)25-26-22(29)15-27-13-5-7-16-6-1-4-10-20(16)27/h1-4,6,8-12,14H,5,7,13,15H2,(H,25,28)(H,26,29)/b12-11+. The Morgan fingerprint density at radius 3 is 2.72 bits per heavy atom. The Labute approximate surface area is 168 Å². The van der Waals surface area contributed by atoms with Gasteiger partial charge in [0.05, 0.1) is 29.5 Å². The van der Waals surface area contributed by atoms with Crippen LogP contribution in [0.2, 0.25) is 0 Å². The third-order valence-corrected chi connectivity index (χ3v) is 4.74. The molecule has 7 heteroatoms. The van der Waals surface area contributed by atoms with Crippen molar-refractivity contribution in [3.8, 4) is 0 Å². The average molecular weight is 387 g/mol. The molecule has 2 heterocycles. The van der Waals surface area contributed by atoms with E-state index in [9.17, 15) is 9.59 Å². The van der Waals surface area contributed by atoms with Crippen LogP contribution in [-0.2, 0) is 16.0 Å². The van der Waals surface area contributed by atoms with Gasteiger partial charge in [0.2, 0.25) is 0 Å². The van der Waals surface area contributed by atoms with Gasteiger partial charge >= 0.3 is 0 Å². The molecule has 0 aliphatic carbocycles. The Morgan fingerprint density at radius 1 is 1.03 bits per heavy atom. The number of nitrogens with zero attached hydrogens (tertiary/aromatic N) is 3. The van der Waals surface area contributed by atoms with Crippen LogP contribution in [0.3, 0.4) is 0 Å². The molecule has 1 aliphatic rings. The average Bonchev–Trinajstić information content (AvgIpc) is 2.76. The number of carbonyl (C=O) groups excluding carboxylic acids is 2. The molecule has 2 N–H and O–H groups in total. The number of amides is 2. The molecule has 4 rings (SSSR count). The lowest BCUT2D eigenvalue weighted by molar-refractivity contribution is -0.125. The largest absolute Gasteiger partial charge is 0.362 e. The van der Waals surface area contributed by atoms with Crippen molar-refractivity contribution in [3.63, 3.8) is 0 Å². The Bertz CT molecular complexity index is 1080. The van der Waals surface area contributed by atoms with Crippen LogP contribution in [0, 0.1) is 0 Å². The highest BCUT2D eigenvalue weighted by atomic mass is 16.2. The van der Waals surface area contributed by atoms with Crippen molar-refractivity contribution in [3.05, 3.63) is 72.1 Å². The zero-order valence-electron chi connectivity index (χ0n) is 15.8. The molecule has 0 saturated heterocycles. The molecular formula is C22H21N5O2. The number of benzene rings is 2. The highest BCUT2D eigenvalue weighted by Gasteiger charge is 2.18. The lowest BCUT2D eigenvalue weighted by Crippen LogP contribution is -2.47. The van der Waals surface area contributed by atoms with Gasteiger partial charge in [0, 0.05) is 18.3 Å². The van der Waals surface area contributed by atoms with Crippen molar-refractivity contribution in [2.24, 2.45) is 0 Å².